The normalized spacial score (nSPS) is 21.8. The number of phenols is 1. The Morgan fingerprint density at radius 3 is 2.89 bits per heavy atom. The Labute approximate surface area is 115 Å². The highest BCUT2D eigenvalue weighted by atomic mass is 35.5. The smallest absolute Gasteiger partial charge is 0.134 e. The van der Waals surface area contributed by atoms with Crippen molar-refractivity contribution in [1.82, 2.24) is 4.90 Å². The molecule has 2 nitrogen and oxygen atoms in total. The number of hydrogen-bond acceptors (Lipinski definition) is 2. The second kappa shape index (κ2) is 6.44. The molecule has 0 radical (unpaired) electrons. The highest BCUT2D eigenvalue weighted by Gasteiger charge is 2.15. The van der Waals surface area contributed by atoms with Crippen LogP contribution in [0.2, 0.25) is 5.02 Å². The minimum atomic E-state index is 0.169. The number of benzene rings is 1. The van der Waals surface area contributed by atoms with Crippen molar-refractivity contribution in [3.8, 4) is 5.75 Å². The standard InChI is InChI=1S/C15H22ClNO/c1-2-12-4-3-8-17(9-7-12)11-13-5-6-15(18)14(16)10-13/h5-6,10,12,18H,2-4,7-9,11H2,1H3. The Bertz CT molecular complexity index is 394. The van der Waals surface area contributed by atoms with Crippen LogP contribution in [-0.2, 0) is 6.54 Å². The minimum Gasteiger partial charge on any atom is -0.506 e. The molecular formula is C15H22ClNO. The van der Waals surface area contributed by atoms with Crippen molar-refractivity contribution in [3.63, 3.8) is 0 Å². The van der Waals surface area contributed by atoms with Gasteiger partial charge in [0, 0.05) is 6.54 Å². The first-order valence-electron chi connectivity index (χ1n) is 6.88. The summed E-state index contributed by atoms with van der Waals surface area (Å²) in [5.41, 5.74) is 1.19. The number of aromatic hydroxyl groups is 1. The number of likely N-dealkylation sites (tertiary alicyclic amines) is 1. The molecule has 0 aromatic heterocycles. The van der Waals surface area contributed by atoms with Crippen molar-refractivity contribution >= 4 is 11.6 Å². The van der Waals surface area contributed by atoms with Gasteiger partial charge in [0.1, 0.15) is 5.75 Å². The second-order valence-electron chi connectivity index (χ2n) is 5.27. The van der Waals surface area contributed by atoms with Crippen LogP contribution in [0.25, 0.3) is 0 Å². The van der Waals surface area contributed by atoms with E-state index in [4.69, 9.17) is 11.6 Å². The van der Waals surface area contributed by atoms with Gasteiger partial charge in [0.05, 0.1) is 5.02 Å². The van der Waals surface area contributed by atoms with Crippen molar-refractivity contribution in [2.45, 2.75) is 39.2 Å². The summed E-state index contributed by atoms with van der Waals surface area (Å²) < 4.78 is 0. The molecule has 0 aliphatic carbocycles. The molecule has 0 bridgehead atoms. The van der Waals surface area contributed by atoms with Crippen molar-refractivity contribution in [2.24, 2.45) is 5.92 Å². The van der Waals surface area contributed by atoms with E-state index in [9.17, 15) is 5.11 Å². The van der Waals surface area contributed by atoms with Crippen LogP contribution in [0.5, 0.6) is 5.75 Å². The molecule has 18 heavy (non-hydrogen) atoms. The van der Waals surface area contributed by atoms with E-state index in [-0.39, 0.29) is 5.75 Å². The Kier molecular flexibility index (Phi) is 4.90. The average molecular weight is 268 g/mol. The summed E-state index contributed by atoms with van der Waals surface area (Å²) >= 11 is 5.94. The Morgan fingerprint density at radius 2 is 2.17 bits per heavy atom. The van der Waals surface area contributed by atoms with Crippen LogP contribution in [0.15, 0.2) is 18.2 Å². The molecule has 1 aromatic rings. The van der Waals surface area contributed by atoms with Gasteiger partial charge in [-0.1, -0.05) is 31.0 Å². The maximum atomic E-state index is 9.42. The molecule has 0 spiro atoms. The van der Waals surface area contributed by atoms with Gasteiger partial charge in [0.2, 0.25) is 0 Å². The Morgan fingerprint density at radius 1 is 1.33 bits per heavy atom. The minimum absolute atomic E-state index is 0.169. The van der Waals surface area contributed by atoms with E-state index in [1.165, 1.54) is 44.3 Å². The van der Waals surface area contributed by atoms with E-state index in [0.717, 1.165) is 12.5 Å². The van der Waals surface area contributed by atoms with E-state index < -0.39 is 0 Å². The first-order chi connectivity index (χ1) is 8.69. The lowest BCUT2D eigenvalue weighted by atomic mass is 9.98. The van der Waals surface area contributed by atoms with Crippen molar-refractivity contribution in [3.05, 3.63) is 28.8 Å². The Hall–Kier alpha value is -0.730. The number of halogens is 1. The molecule has 1 N–H and O–H groups in total. The van der Waals surface area contributed by atoms with Gasteiger partial charge in [-0.15, -0.1) is 0 Å². The summed E-state index contributed by atoms with van der Waals surface area (Å²) in [5.74, 6) is 1.07. The molecule has 1 atom stereocenters. The van der Waals surface area contributed by atoms with Gasteiger partial charge in [-0.3, -0.25) is 4.90 Å². The van der Waals surface area contributed by atoms with E-state index in [0.29, 0.717) is 5.02 Å². The third kappa shape index (κ3) is 3.63. The van der Waals surface area contributed by atoms with E-state index in [1.54, 1.807) is 6.07 Å². The van der Waals surface area contributed by atoms with Gasteiger partial charge < -0.3 is 5.11 Å². The molecule has 1 aliphatic rings. The van der Waals surface area contributed by atoms with Crippen LogP contribution < -0.4 is 0 Å². The van der Waals surface area contributed by atoms with E-state index in [1.807, 2.05) is 12.1 Å². The summed E-state index contributed by atoms with van der Waals surface area (Å²) in [6.07, 6.45) is 5.27. The number of rotatable bonds is 3. The van der Waals surface area contributed by atoms with Crippen molar-refractivity contribution in [2.75, 3.05) is 13.1 Å². The molecule has 1 saturated heterocycles. The molecular weight excluding hydrogens is 246 g/mol. The molecule has 0 amide bonds. The zero-order chi connectivity index (χ0) is 13.0. The lowest BCUT2D eigenvalue weighted by Gasteiger charge is -2.20. The van der Waals surface area contributed by atoms with E-state index in [2.05, 4.69) is 11.8 Å². The predicted molar refractivity (Wildman–Crippen MR) is 76.0 cm³/mol. The summed E-state index contributed by atoms with van der Waals surface area (Å²) in [6, 6.07) is 5.52. The summed E-state index contributed by atoms with van der Waals surface area (Å²) in [4.78, 5) is 2.50. The average Bonchev–Trinajstić information content (AvgIpc) is 2.59. The summed E-state index contributed by atoms with van der Waals surface area (Å²) in [5, 5.41) is 9.87. The van der Waals surface area contributed by atoms with Crippen LogP contribution in [0.1, 0.15) is 38.2 Å². The summed E-state index contributed by atoms with van der Waals surface area (Å²) in [7, 11) is 0. The third-order valence-electron chi connectivity index (χ3n) is 3.94. The molecule has 1 unspecified atom stereocenters. The molecule has 0 saturated carbocycles. The largest absolute Gasteiger partial charge is 0.506 e. The molecule has 100 valence electrons. The van der Waals surface area contributed by atoms with Crippen molar-refractivity contribution in [1.29, 1.82) is 0 Å². The number of nitrogens with zero attached hydrogens (tertiary/aromatic N) is 1. The molecule has 1 aliphatic heterocycles. The highest BCUT2D eigenvalue weighted by molar-refractivity contribution is 6.32. The van der Waals surface area contributed by atoms with Crippen molar-refractivity contribution < 1.29 is 5.11 Å². The lowest BCUT2D eigenvalue weighted by Crippen LogP contribution is -2.24. The molecule has 1 aromatic carbocycles. The zero-order valence-electron chi connectivity index (χ0n) is 11.0. The third-order valence-corrected chi connectivity index (χ3v) is 4.24. The molecule has 1 heterocycles. The maximum absolute atomic E-state index is 9.42. The first-order valence-corrected chi connectivity index (χ1v) is 7.26. The van der Waals surface area contributed by atoms with E-state index >= 15 is 0 Å². The quantitative estimate of drug-likeness (QED) is 0.893. The number of phenolic OH excluding ortho intramolecular Hbond substituents is 1. The van der Waals surface area contributed by atoms with Gasteiger partial charge in [0.15, 0.2) is 0 Å². The van der Waals surface area contributed by atoms with Gasteiger partial charge in [-0.25, -0.2) is 0 Å². The van der Waals surface area contributed by atoms with Crippen LogP contribution >= 0.6 is 11.6 Å². The number of hydrogen-bond donors (Lipinski definition) is 1. The molecule has 1 fully saturated rings. The zero-order valence-corrected chi connectivity index (χ0v) is 11.8. The van der Waals surface area contributed by atoms with Crippen LogP contribution in [0.4, 0.5) is 0 Å². The van der Waals surface area contributed by atoms with Crippen LogP contribution in [-0.4, -0.2) is 23.1 Å². The fraction of sp³-hybridized carbons (Fsp3) is 0.600. The lowest BCUT2D eigenvalue weighted by molar-refractivity contribution is 0.272. The van der Waals surface area contributed by atoms with Gasteiger partial charge in [-0.05, 0) is 56.0 Å². The highest BCUT2D eigenvalue weighted by Crippen LogP contribution is 2.25. The fourth-order valence-electron chi connectivity index (χ4n) is 2.70. The fourth-order valence-corrected chi connectivity index (χ4v) is 2.90. The summed E-state index contributed by atoms with van der Waals surface area (Å²) in [6.45, 7) is 5.59. The van der Waals surface area contributed by atoms with Gasteiger partial charge in [0.25, 0.3) is 0 Å². The van der Waals surface area contributed by atoms with Gasteiger partial charge >= 0.3 is 0 Å². The van der Waals surface area contributed by atoms with Gasteiger partial charge in [-0.2, -0.15) is 0 Å². The van der Waals surface area contributed by atoms with Crippen LogP contribution in [0.3, 0.4) is 0 Å². The van der Waals surface area contributed by atoms with Crippen LogP contribution in [0, 0.1) is 5.92 Å². The first kappa shape index (κ1) is 13.7. The molecule has 3 heteroatoms. The topological polar surface area (TPSA) is 23.5 Å². The monoisotopic (exact) mass is 267 g/mol. The predicted octanol–water partition coefficient (Wildman–Crippen LogP) is 4.06. The molecule has 2 rings (SSSR count). The SMILES string of the molecule is CCC1CCCN(Cc2ccc(O)c(Cl)c2)CC1. The maximum Gasteiger partial charge on any atom is 0.134 e. The Balaban J connectivity index is 1.94. The second-order valence-corrected chi connectivity index (χ2v) is 5.67.